The molecule has 0 bridgehead atoms. The van der Waals surface area contributed by atoms with Crippen molar-refractivity contribution in [1.29, 1.82) is 0 Å². The maximum absolute atomic E-state index is 11.7. The van der Waals surface area contributed by atoms with Gasteiger partial charge in [-0.15, -0.1) is 11.8 Å². The highest BCUT2D eigenvalue weighted by Gasteiger charge is 2.00. The molecule has 0 aliphatic carbocycles. The number of hydrogen-bond acceptors (Lipinski definition) is 2. The van der Waals surface area contributed by atoms with Crippen molar-refractivity contribution < 1.29 is 4.79 Å². The number of anilines is 1. The van der Waals surface area contributed by atoms with E-state index in [2.05, 4.69) is 22.8 Å². The van der Waals surface area contributed by atoms with Crippen molar-refractivity contribution in [3.63, 3.8) is 0 Å². The van der Waals surface area contributed by atoms with Gasteiger partial charge in [0.1, 0.15) is 0 Å². The fourth-order valence-corrected chi connectivity index (χ4v) is 2.45. The second-order valence-electron chi connectivity index (χ2n) is 4.41. The van der Waals surface area contributed by atoms with Crippen LogP contribution in [0.4, 0.5) is 10.5 Å². The van der Waals surface area contributed by atoms with Gasteiger partial charge in [0.25, 0.3) is 0 Å². The zero-order valence-electron chi connectivity index (χ0n) is 11.4. The first-order valence-electron chi connectivity index (χ1n) is 6.53. The topological polar surface area (TPSA) is 41.1 Å². The third-order valence-electron chi connectivity index (χ3n) is 2.71. The first-order chi connectivity index (χ1) is 9.74. The number of carbonyl (C=O) groups is 1. The van der Waals surface area contributed by atoms with E-state index in [1.165, 1.54) is 10.5 Å². The molecule has 2 aromatic carbocycles. The lowest BCUT2D eigenvalue weighted by molar-refractivity contribution is 0.252. The van der Waals surface area contributed by atoms with Crippen molar-refractivity contribution in [1.82, 2.24) is 5.32 Å². The standard InChI is InChI=1S/C16H18N2OS/c1-13-7-9-14(10-8-13)18-16(19)17-11-12-20-15-5-3-2-4-6-15/h2-10H,11-12H2,1H3,(H2,17,18,19). The van der Waals surface area contributed by atoms with Gasteiger partial charge < -0.3 is 10.6 Å². The summed E-state index contributed by atoms with van der Waals surface area (Å²) < 4.78 is 0. The Morgan fingerprint density at radius 2 is 1.75 bits per heavy atom. The molecular weight excluding hydrogens is 268 g/mol. The van der Waals surface area contributed by atoms with Gasteiger partial charge in [0.2, 0.25) is 0 Å². The predicted molar refractivity (Wildman–Crippen MR) is 85.4 cm³/mol. The summed E-state index contributed by atoms with van der Waals surface area (Å²) in [4.78, 5) is 12.9. The molecule has 0 fully saturated rings. The molecule has 0 aliphatic heterocycles. The second-order valence-corrected chi connectivity index (χ2v) is 5.58. The first-order valence-corrected chi connectivity index (χ1v) is 7.52. The van der Waals surface area contributed by atoms with E-state index in [1.54, 1.807) is 11.8 Å². The van der Waals surface area contributed by atoms with Crippen LogP contribution in [0.25, 0.3) is 0 Å². The molecule has 0 saturated carbocycles. The molecular formula is C16H18N2OS. The molecule has 3 nitrogen and oxygen atoms in total. The molecule has 0 heterocycles. The summed E-state index contributed by atoms with van der Waals surface area (Å²) in [6, 6.07) is 17.7. The van der Waals surface area contributed by atoms with Crippen LogP contribution in [0, 0.1) is 6.92 Å². The molecule has 104 valence electrons. The van der Waals surface area contributed by atoms with Crippen LogP contribution in [-0.4, -0.2) is 18.3 Å². The van der Waals surface area contributed by atoms with Gasteiger partial charge in [0.15, 0.2) is 0 Å². The van der Waals surface area contributed by atoms with E-state index in [0.29, 0.717) is 6.54 Å². The van der Waals surface area contributed by atoms with Crippen molar-refractivity contribution >= 4 is 23.5 Å². The number of urea groups is 1. The van der Waals surface area contributed by atoms with Crippen LogP contribution in [0.5, 0.6) is 0 Å². The molecule has 0 unspecified atom stereocenters. The first kappa shape index (κ1) is 14.5. The van der Waals surface area contributed by atoms with Crippen LogP contribution >= 0.6 is 11.8 Å². The smallest absolute Gasteiger partial charge is 0.319 e. The lowest BCUT2D eigenvalue weighted by Crippen LogP contribution is -2.30. The maximum Gasteiger partial charge on any atom is 0.319 e. The molecule has 2 N–H and O–H groups in total. The third-order valence-corrected chi connectivity index (χ3v) is 3.72. The molecule has 2 rings (SSSR count). The van der Waals surface area contributed by atoms with Crippen LogP contribution < -0.4 is 10.6 Å². The summed E-state index contributed by atoms with van der Waals surface area (Å²) in [6.07, 6.45) is 0. The number of carbonyl (C=O) groups excluding carboxylic acids is 1. The molecule has 0 radical (unpaired) electrons. The van der Waals surface area contributed by atoms with E-state index in [1.807, 2.05) is 49.4 Å². The second kappa shape index (κ2) is 7.60. The van der Waals surface area contributed by atoms with Crippen LogP contribution in [0.2, 0.25) is 0 Å². The molecule has 0 aliphatic rings. The number of rotatable bonds is 5. The van der Waals surface area contributed by atoms with Crippen molar-refractivity contribution in [2.24, 2.45) is 0 Å². The van der Waals surface area contributed by atoms with Crippen molar-refractivity contribution in [3.05, 3.63) is 60.2 Å². The van der Waals surface area contributed by atoms with Crippen LogP contribution in [0.1, 0.15) is 5.56 Å². The molecule has 0 spiro atoms. The Labute approximate surface area is 123 Å². The summed E-state index contributed by atoms with van der Waals surface area (Å²) in [5.41, 5.74) is 1.99. The quantitative estimate of drug-likeness (QED) is 0.646. The van der Waals surface area contributed by atoms with Gasteiger partial charge >= 0.3 is 6.03 Å². The Morgan fingerprint density at radius 1 is 1.05 bits per heavy atom. The van der Waals surface area contributed by atoms with Gasteiger partial charge in [-0.3, -0.25) is 0 Å². The fraction of sp³-hybridized carbons (Fsp3) is 0.188. The van der Waals surface area contributed by atoms with Gasteiger partial charge in [-0.25, -0.2) is 4.79 Å². The van der Waals surface area contributed by atoms with Crippen molar-refractivity contribution in [2.45, 2.75) is 11.8 Å². The van der Waals surface area contributed by atoms with E-state index in [-0.39, 0.29) is 6.03 Å². The summed E-state index contributed by atoms with van der Waals surface area (Å²) in [6.45, 7) is 2.65. The molecule has 2 aromatic rings. The number of amides is 2. The average Bonchev–Trinajstić information content (AvgIpc) is 2.47. The highest BCUT2D eigenvalue weighted by atomic mass is 32.2. The molecule has 0 atom stereocenters. The van der Waals surface area contributed by atoms with Gasteiger partial charge in [0, 0.05) is 22.9 Å². The highest BCUT2D eigenvalue weighted by molar-refractivity contribution is 7.99. The van der Waals surface area contributed by atoms with Gasteiger partial charge in [-0.1, -0.05) is 35.9 Å². The van der Waals surface area contributed by atoms with Crippen molar-refractivity contribution in [3.8, 4) is 0 Å². The fourth-order valence-electron chi connectivity index (χ4n) is 1.66. The summed E-state index contributed by atoms with van der Waals surface area (Å²) in [5, 5.41) is 5.65. The number of benzene rings is 2. The third kappa shape index (κ3) is 4.97. The zero-order valence-corrected chi connectivity index (χ0v) is 12.2. The van der Waals surface area contributed by atoms with Gasteiger partial charge in [-0.2, -0.15) is 0 Å². The minimum absolute atomic E-state index is 0.164. The average molecular weight is 286 g/mol. The SMILES string of the molecule is Cc1ccc(NC(=O)NCCSc2ccccc2)cc1. The lowest BCUT2D eigenvalue weighted by Gasteiger charge is -2.07. The molecule has 20 heavy (non-hydrogen) atoms. The van der Waals surface area contributed by atoms with E-state index >= 15 is 0 Å². The van der Waals surface area contributed by atoms with Crippen LogP contribution in [0.3, 0.4) is 0 Å². The number of thioether (sulfide) groups is 1. The van der Waals surface area contributed by atoms with E-state index < -0.39 is 0 Å². The molecule has 2 amide bonds. The largest absolute Gasteiger partial charge is 0.337 e. The highest BCUT2D eigenvalue weighted by Crippen LogP contribution is 2.15. The monoisotopic (exact) mass is 286 g/mol. The minimum Gasteiger partial charge on any atom is -0.337 e. The summed E-state index contributed by atoms with van der Waals surface area (Å²) in [5.74, 6) is 0.853. The Bertz CT molecular complexity index is 540. The predicted octanol–water partition coefficient (Wildman–Crippen LogP) is 3.91. The Kier molecular flexibility index (Phi) is 5.50. The summed E-state index contributed by atoms with van der Waals surface area (Å²) in [7, 11) is 0. The molecule has 0 saturated heterocycles. The molecule has 4 heteroatoms. The lowest BCUT2D eigenvalue weighted by atomic mass is 10.2. The summed E-state index contributed by atoms with van der Waals surface area (Å²) >= 11 is 1.73. The van der Waals surface area contributed by atoms with E-state index in [4.69, 9.17) is 0 Å². The Balaban J connectivity index is 1.66. The Hall–Kier alpha value is -1.94. The number of hydrogen-bond donors (Lipinski definition) is 2. The van der Waals surface area contributed by atoms with Gasteiger partial charge in [-0.05, 0) is 31.2 Å². The number of nitrogens with one attached hydrogen (secondary N) is 2. The van der Waals surface area contributed by atoms with E-state index in [0.717, 1.165) is 11.4 Å². The zero-order chi connectivity index (χ0) is 14.2. The van der Waals surface area contributed by atoms with Crippen LogP contribution in [-0.2, 0) is 0 Å². The van der Waals surface area contributed by atoms with Crippen LogP contribution in [0.15, 0.2) is 59.5 Å². The normalized spacial score (nSPS) is 10.1. The Morgan fingerprint density at radius 3 is 2.45 bits per heavy atom. The van der Waals surface area contributed by atoms with Crippen molar-refractivity contribution in [2.75, 3.05) is 17.6 Å². The number of aryl methyl sites for hydroxylation is 1. The maximum atomic E-state index is 11.7. The van der Waals surface area contributed by atoms with Gasteiger partial charge in [0.05, 0.1) is 0 Å². The van der Waals surface area contributed by atoms with E-state index in [9.17, 15) is 4.79 Å². The molecule has 0 aromatic heterocycles. The minimum atomic E-state index is -0.164.